The van der Waals surface area contributed by atoms with Crippen molar-refractivity contribution in [1.82, 2.24) is 0 Å². The molecule has 0 amide bonds. The highest BCUT2D eigenvalue weighted by Crippen LogP contribution is 2.40. The van der Waals surface area contributed by atoms with Crippen LogP contribution in [-0.2, 0) is 14.3 Å². The summed E-state index contributed by atoms with van der Waals surface area (Å²) in [5.74, 6) is -7.74. The number of rotatable bonds is 8. The zero-order valence-electron chi connectivity index (χ0n) is 11.1. The molecule has 9 heteroatoms. The maximum atomic E-state index is 12.9. The molecular formula is C12H15F5O4. The molecule has 0 saturated heterocycles. The van der Waals surface area contributed by atoms with Crippen LogP contribution in [0, 0.1) is 0 Å². The zero-order valence-corrected chi connectivity index (χ0v) is 11.1. The third-order valence-electron chi connectivity index (χ3n) is 2.42. The van der Waals surface area contributed by atoms with Crippen LogP contribution in [0.15, 0.2) is 12.2 Å². The van der Waals surface area contributed by atoms with E-state index in [-0.39, 0.29) is 12.8 Å². The smallest absolute Gasteiger partial charge is 0.453 e. The van der Waals surface area contributed by atoms with Gasteiger partial charge in [-0.3, -0.25) is 0 Å². The number of halogens is 5. The molecule has 1 atom stereocenters. The molecule has 21 heavy (non-hydrogen) atoms. The Hall–Kier alpha value is -1.67. The Kier molecular flexibility index (Phi) is 7.31. The summed E-state index contributed by atoms with van der Waals surface area (Å²) in [6.45, 7) is 1.69. The summed E-state index contributed by atoms with van der Waals surface area (Å²) in [6.07, 6.45) is -7.59. The number of hydrogen-bond donors (Lipinski definition) is 1. The van der Waals surface area contributed by atoms with E-state index in [0.29, 0.717) is 18.6 Å². The third kappa shape index (κ3) is 7.62. The SMILES string of the molecule is CCCCC(CC(F)(F)C(F)(F)F)OC(=O)/C=C/C(=O)O. The minimum absolute atomic E-state index is 0.172. The van der Waals surface area contributed by atoms with Crippen LogP contribution in [0.3, 0.4) is 0 Å². The Labute approximate surface area is 117 Å². The highest BCUT2D eigenvalue weighted by atomic mass is 19.4. The number of carbonyl (C=O) groups is 2. The summed E-state index contributed by atoms with van der Waals surface area (Å²) in [4.78, 5) is 21.3. The van der Waals surface area contributed by atoms with E-state index in [2.05, 4.69) is 4.74 Å². The average molecular weight is 318 g/mol. The molecule has 0 heterocycles. The van der Waals surface area contributed by atoms with Gasteiger partial charge < -0.3 is 9.84 Å². The van der Waals surface area contributed by atoms with Gasteiger partial charge >= 0.3 is 24.0 Å². The van der Waals surface area contributed by atoms with E-state index in [1.54, 1.807) is 6.92 Å². The van der Waals surface area contributed by atoms with Crippen molar-refractivity contribution < 1.29 is 41.4 Å². The third-order valence-corrected chi connectivity index (χ3v) is 2.42. The molecule has 0 rings (SSSR count). The fourth-order valence-corrected chi connectivity index (χ4v) is 1.38. The lowest BCUT2D eigenvalue weighted by Crippen LogP contribution is -2.40. The summed E-state index contributed by atoms with van der Waals surface area (Å²) in [6, 6.07) is 0. The minimum Gasteiger partial charge on any atom is -0.478 e. The number of ether oxygens (including phenoxy) is 1. The summed E-state index contributed by atoms with van der Waals surface area (Å²) in [7, 11) is 0. The second kappa shape index (κ2) is 7.94. The summed E-state index contributed by atoms with van der Waals surface area (Å²) in [5, 5.41) is 8.27. The molecule has 0 aromatic rings. The van der Waals surface area contributed by atoms with Crippen molar-refractivity contribution in [2.45, 2.75) is 50.8 Å². The molecular weight excluding hydrogens is 303 g/mol. The number of hydrogen-bond acceptors (Lipinski definition) is 3. The van der Waals surface area contributed by atoms with Gasteiger partial charge in [0.05, 0.1) is 6.42 Å². The monoisotopic (exact) mass is 318 g/mol. The van der Waals surface area contributed by atoms with Crippen LogP contribution in [0.5, 0.6) is 0 Å². The molecule has 0 radical (unpaired) electrons. The van der Waals surface area contributed by atoms with Crippen molar-refractivity contribution in [3.05, 3.63) is 12.2 Å². The molecule has 0 bridgehead atoms. The van der Waals surface area contributed by atoms with Crippen molar-refractivity contribution >= 4 is 11.9 Å². The van der Waals surface area contributed by atoms with Crippen molar-refractivity contribution in [3.8, 4) is 0 Å². The molecule has 0 aromatic heterocycles. The Morgan fingerprint density at radius 1 is 1.19 bits per heavy atom. The first-order valence-corrected chi connectivity index (χ1v) is 6.05. The topological polar surface area (TPSA) is 63.6 Å². The first-order chi connectivity index (χ1) is 9.49. The number of unbranched alkanes of at least 4 members (excludes halogenated alkanes) is 1. The highest BCUT2D eigenvalue weighted by Gasteiger charge is 2.58. The van der Waals surface area contributed by atoms with Crippen LogP contribution in [0.1, 0.15) is 32.6 Å². The molecule has 0 fully saturated rings. The predicted octanol–water partition coefficient (Wildman–Crippen LogP) is 3.32. The van der Waals surface area contributed by atoms with E-state index < -0.39 is 36.6 Å². The first-order valence-electron chi connectivity index (χ1n) is 6.05. The fourth-order valence-electron chi connectivity index (χ4n) is 1.38. The maximum Gasteiger partial charge on any atom is 0.453 e. The predicted molar refractivity (Wildman–Crippen MR) is 61.8 cm³/mol. The fraction of sp³-hybridized carbons (Fsp3) is 0.667. The van der Waals surface area contributed by atoms with Crippen molar-refractivity contribution in [3.63, 3.8) is 0 Å². The van der Waals surface area contributed by atoms with Crippen molar-refractivity contribution in [1.29, 1.82) is 0 Å². The average Bonchev–Trinajstić information content (AvgIpc) is 2.31. The molecule has 1 N–H and O–H groups in total. The van der Waals surface area contributed by atoms with Crippen LogP contribution in [0.4, 0.5) is 22.0 Å². The molecule has 1 unspecified atom stereocenters. The van der Waals surface area contributed by atoms with E-state index in [0.717, 1.165) is 0 Å². The van der Waals surface area contributed by atoms with E-state index in [1.807, 2.05) is 0 Å². The van der Waals surface area contributed by atoms with Gasteiger partial charge in [-0.1, -0.05) is 19.8 Å². The Balaban J connectivity index is 4.81. The van der Waals surface area contributed by atoms with Gasteiger partial charge in [-0.15, -0.1) is 0 Å². The van der Waals surface area contributed by atoms with Crippen molar-refractivity contribution in [2.75, 3.05) is 0 Å². The lowest BCUT2D eigenvalue weighted by Gasteiger charge is -2.24. The molecule has 0 aliphatic rings. The van der Waals surface area contributed by atoms with Gasteiger partial charge in [-0.25, -0.2) is 9.59 Å². The summed E-state index contributed by atoms with van der Waals surface area (Å²) < 4.78 is 66.7. The Morgan fingerprint density at radius 3 is 2.19 bits per heavy atom. The van der Waals surface area contributed by atoms with Crippen LogP contribution >= 0.6 is 0 Å². The van der Waals surface area contributed by atoms with Gasteiger partial charge in [0.1, 0.15) is 6.10 Å². The largest absolute Gasteiger partial charge is 0.478 e. The summed E-state index contributed by atoms with van der Waals surface area (Å²) >= 11 is 0. The lowest BCUT2D eigenvalue weighted by molar-refractivity contribution is -0.290. The Bertz CT molecular complexity index is 390. The van der Waals surface area contributed by atoms with E-state index in [1.165, 1.54) is 0 Å². The highest BCUT2D eigenvalue weighted by molar-refractivity contribution is 5.90. The van der Waals surface area contributed by atoms with Crippen LogP contribution in [0.25, 0.3) is 0 Å². The lowest BCUT2D eigenvalue weighted by atomic mass is 10.0. The van der Waals surface area contributed by atoms with Crippen LogP contribution in [-0.4, -0.2) is 35.2 Å². The molecule has 0 aliphatic heterocycles. The number of carboxylic acid groups (broad SMARTS) is 1. The van der Waals surface area contributed by atoms with Gasteiger partial charge in [0.15, 0.2) is 0 Å². The van der Waals surface area contributed by atoms with Gasteiger partial charge in [-0.05, 0) is 6.42 Å². The molecule has 122 valence electrons. The standard InChI is InChI=1S/C12H15F5O4/c1-2-3-4-8(7-11(13,14)12(15,16)17)21-10(20)6-5-9(18)19/h5-6,8H,2-4,7H2,1H3,(H,18,19)/b6-5+. The molecule has 0 aliphatic carbocycles. The second-order valence-electron chi connectivity index (χ2n) is 4.28. The molecule has 0 saturated carbocycles. The zero-order chi connectivity index (χ0) is 16.7. The van der Waals surface area contributed by atoms with Gasteiger partial charge in [-0.2, -0.15) is 22.0 Å². The Morgan fingerprint density at radius 2 is 1.76 bits per heavy atom. The molecule has 4 nitrogen and oxygen atoms in total. The molecule has 0 aromatic carbocycles. The quantitative estimate of drug-likeness (QED) is 0.424. The van der Waals surface area contributed by atoms with E-state index in [9.17, 15) is 31.5 Å². The van der Waals surface area contributed by atoms with E-state index >= 15 is 0 Å². The van der Waals surface area contributed by atoms with E-state index in [4.69, 9.17) is 5.11 Å². The van der Waals surface area contributed by atoms with Crippen LogP contribution < -0.4 is 0 Å². The van der Waals surface area contributed by atoms with Gasteiger partial charge in [0.2, 0.25) is 0 Å². The normalized spacial score (nSPS) is 14.2. The summed E-state index contributed by atoms with van der Waals surface area (Å²) in [5.41, 5.74) is 0. The number of carboxylic acids is 1. The second-order valence-corrected chi connectivity index (χ2v) is 4.28. The first kappa shape index (κ1) is 19.3. The minimum atomic E-state index is -5.74. The number of aliphatic carboxylic acids is 1. The number of alkyl halides is 5. The van der Waals surface area contributed by atoms with Gasteiger partial charge in [0.25, 0.3) is 0 Å². The maximum absolute atomic E-state index is 12.9. The van der Waals surface area contributed by atoms with Crippen molar-refractivity contribution in [2.24, 2.45) is 0 Å². The van der Waals surface area contributed by atoms with Gasteiger partial charge in [0, 0.05) is 12.2 Å². The number of esters is 1. The molecule has 0 spiro atoms. The van der Waals surface area contributed by atoms with Crippen LogP contribution in [0.2, 0.25) is 0 Å². The number of carbonyl (C=O) groups excluding carboxylic acids is 1.